The normalized spacial score (nSPS) is 9.00. The highest BCUT2D eigenvalue weighted by atomic mass is 35.7. The SMILES string of the molecule is C=CCS(=O)(=O)Cl.C=CCl. The van der Waals surface area contributed by atoms with E-state index in [9.17, 15) is 8.42 Å². The highest BCUT2D eigenvalue weighted by molar-refractivity contribution is 8.13. The predicted octanol–water partition coefficient (Wildman–Crippen LogP) is 2.11. The Labute approximate surface area is 70.6 Å². The zero-order chi connectivity index (χ0) is 8.62. The molecule has 0 aromatic carbocycles. The van der Waals surface area contributed by atoms with Gasteiger partial charge in [-0.1, -0.05) is 24.3 Å². The van der Waals surface area contributed by atoms with Gasteiger partial charge in [0, 0.05) is 10.7 Å². The molecule has 0 spiro atoms. The zero-order valence-corrected chi connectivity index (χ0v) is 7.59. The first-order chi connectivity index (χ1) is 4.47. The van der Waals surface area contributed by atoms with Crippen LogP contribution in [-0.4, -0.2) is 14.2 Å². The van der Waals surface area contributed by atoms with Crippen molar-refractivity contribution >= 4 is 31.3 Å². The van der Waals surface area contributed by atoms with Crippen LogP contribution in [0.25, 0.3) is 0 Å². The van der Waals surface area contributed by atoms with Gasteiger partial charge >= 0.3 is 0 Å². The fraction of sp³-hybridized carbons (Fsp3) is 0.200. The van der Waals surface area contributed by atoms with Gasteiger partial charge in [-0.2, -0.15) is 0 Å². The average molecular weight is 203 g/mol. The lowest BCUT2D eigenvalue weighted by Gasteiger charge is -1.79. The van der Waals surface area contributed by atoms with Crippen LogP contribution in [0.4, 0.5) is 0 Å². The molecule has 0 aromatic rings. The van der Waals surface area contributed by atoms with Crippen LogP contribution in [0.5, 0.6) is 0 Å². The average Bonchev–Trinajstić information content (AvgIpc) is 1.63. The highest BCUT2D eigenvalue weighted by Gasteiger charge is 1.97. The van der Waals surface area contributed by atoms with Gasteiger partial charge in [0.25, 0.3) is 0 Å². The van der Waals surface area contributed by atoms with Crippen LogP contribution in [0, 0.1) is 0 Å². The first-order valence-electron chi connectivity index (χ1n) is 2.22. The van der Waals surface area contributed by atoms with Crippen molar-refractivity contribution in [3.8, 4) is 0 Å². The van der Waals surface area contributed by atoms with Gasteiger partial charge in [-0.3, -0.25) is 0 Å². The fourth-order valence-corrected chi connectivity index (χ4v) is 0.690. The lowest BCUT2D eigenvalue weighted by Crippen LogP contribution is -1.90. The Bertz CT molecular complexity index is 184. The summed E-state index contributed by atoms with van der Waals surface area (Å²) < 4.78 is 19.9. The maximum absolute atomic E-state index is 9.93. The van der Waals surface area contributed by atoms with Gasteiger partial charge in [0.1, 0.15) is 0 Å². The van der Waals surface area contributed by atoms with Crippen LogP contribution in [0.15, 0.2) is 24.8 Å². The monoisotopic (exact) mass is 202 g/mol. The van der Waals surface area contributed by atoms with Crippen molar-refractivity contribution in [2.75, 3.05) is 5.75 Å². The highest BCUT2D eigenvalue weighted by Crippen LogP contribution is 1.93. The molecule has 0 amide bonds. The molecule has 0 saturated heterocycles. The van der Waals surface area contributed by atoms with Gasteiger partial charge in [0.15, 0.2) is 0 Å². The van der Waals surface area contributed by atoms with E-state index in [1.54, 1.807) is 0 Å². The van der Waals surface area contributed by atoms with Gasteiger partial charge in [0.05, 0.1) is 5.75 Å². The predicted molar refractivity (Wildman–Crippen MR) is 45.9 cm³/mol. The molecule has 0 heterocycles. The van der Waals surface area contributed by atoms with E-state index < -0.39 is 9.05 Å². The Balaban J connectivity index is 0. The standard InChI is InChI=1S/C3H5ClO2S.C2H3Cl/c1-2-3-7(4,5)6;1-2-3/h2H,1,3H2;2H,1H2. The molecule has 0 unspecified atom stereocenters. The van der Waals surface area contributed by atoms with Crippen molar-refractivity contribution in [3.05, 3.63) is 24.8 Å². The molecule has 0 fully saturated rings. The lowest BCUT2D eigenvalue weighted by molar-refractivity contribution is 0.612. The van der Waals surface area contributed by atoms with Crippen molar-refractivity contribution in [1.82, 2.24) is 0 Å². The van der Waals surface area contributed by atoms with Gasteiger partial charge in [-0.25, -0.2) is 8.42 Å². The maximum Gasteiger partial charge on any atom is 0.236 e. The van der Waals surface area contributed by atoms with Crippen LogP contribution in [0.3, 0.4) is 0 Å². The minimum Gasteiger partial charge on any atom is -0.212 e. The Morgan fingerprint density at radius 2 is 1.70 bits per heavy atom. The topological polar surface area (TPSA) is 34.1 Å². The molecule has 0 bridgehead atoms. The molecule has 0 aromatic heterocycles. The van der Waals surface area contributed by atoms with Crippen molar-refractivity contribution in [1.29, 1.82) is 0 Å². The molecule has 0 aliphatic carbocycles. The van der Waals surface area contributed by atoms with Crippen molar-refractivity contribution in [2.24, 2.45) is 0 Å². The third-order valence-electron chi connectivity index (χ3n) is 0.317. The molecule has 0 radical (unpaired) electrons. The van der Waals surface area contributed by atoms with E-state index in [1.807, 2.05) is 0 Å². The van der Waals surface area contributed by atoms with Crippen LogP contribution in [-0.2, 0) is 9.05 Å². The van der Waals surface area contributed by atoms with Gasteiger partial charge < -0.3 is 0 Å². The van der Waals surface area contributed by atoms with E-state index >= 15 is 0 Å². The lowest BCUT2D eigenvalue weighted by atomic mass is 10.8. The number of rotatable bonds is 2. The van der Waals surface area contributed by atoms with E-state index in [4.69, 9.17) is 22.3 Å². The van der Waals surface area contributed by atoms with Crippen molar-refractivity contribution in [3.63, 3.8) is 0 Å². The summed E-state index contributed by atoms with van der Waals surface area (Å²) in [7, 11) is 1.41. The summed E-state index contributed by atoms with van der Waals surface area (Å²) in [5, 5.41) is 0. The molecule has 10 heavy (non-hydrogen) atoms. The van der Waals surface area contributed by atoms with E-state index in [-0.39, 0.29) is 5.75 Å². The summed E-state index contributed by atoms with van der Waals surface area (Å²) in [5.41, 5.74) is 1.22. The zero-order valence-electron chi connectivity index (χ0n) is 5.26. The number of hydrogen-bond acceptors (Lipinski definition) is 2. The number of halogens is 2. The summed E-state index contributed by atoms with van der Waals surface area (Å²) in [6.07, 6.45) is 1.24. The summed E-state index contributed by atoms with van der Waals surface area (Å²) in [6.45, 7) is 6.31. The summed E-state index contributed by atoms with van der Waals surface area (Å²) >= 11 is 4.76. The Kier molecular flexibility index (Phi) is 9.02. The van der Waals surface area contributed by atoms with Gasteiger partial charge in [-0.15, -0.1) is 6.58 Å². The first kappa shape index (κ1) is 12.7. The molecular formula is C5H8Cl2O2S. The van der Waals surface area contributed by atoms with Gasteiger partial charge in [-0.05, 0) is 5.54 Å². The minimum absolute atomic E-state index is 0.158. The molecular weight excluding hydrogens is 195 g/mol. The molecule has 0 aliphatic heterocycles. The smallest absolute Gasteiger partial charge is 0.212 e. The quantitative estimate of drug-likeness (QED) is 0.508. The Hall–Kier alpha value is 0.01000. The largest absolute Gasteiger partial charge is 0.236 e. The molecule has 0 aliphatic rings. The summed E-state index contributed by atoms with van der Waals surface area (Å²) in [4.78, 5) is 0. The van der Waals surface area contributed by atoms with Gasteiger partial charge in [0.2, 0.25) is 9.05 Å². The third-order valence-corrected chi connectivity index (χ3v) is 1.33. The minimum atomic E-state index is -3.32. The Morgan fingerprint density at radius 1 is 1.40 bits per heavy atom. The fourth-order valence-electron chi connectivity index (χ4n) is 0.141. The van der Waals surface area contributed by atoms with E-state index in [1.165, 1.54) is 11.6 Å². The maximum atomic E-state index is 9.93. The molecule has 0 rings (SSSR count). The first-order valence-corrected chi connectivity index (χ1v) is 5.13. The molecule has 0 N–H and O–H groups in total. The van der Waals surface area contributed by atoms with Crippen molar-refractivity contribution in [2.45, 2.75) is 0 Å². The molecule has 60 valence electrons. The Morgan fingerprint density at radius 3 is 1.70 bits per heavy atom. The van der Waals surface area contributed by atoms with Crippen LogP contribution >= 0.6 is 22.3 Å². The van der Waals surface area contributed by atoms with E-state index in [2.05, 4.69) is 13.2 Å². The molecule has 2 nitrogen and oxygen atoms in total. The second-order valence-electron chi connectivity index (χ2n) is 1.15. The third kappa shape index (κ3) is 24.5. The van der Waals surface area contributed by atoms with Crippen LogP contribution in [0.1, 0.15) is 0 Å². The molecule has 0 saturated carbocycles. The second kappa shape index (κ2) is 7.12. The second-order valence-corrected chi connectivity index (χ2v) is 4.28. The van der Waals surface area contributed by atoms with E-state index in [0.29, 0.717) is 0 Å². The summed E-state index contributed by atoms with van der Waals surface area (Å²) in [6, 6.07) is 0. The van der Waals surface area contributed by atoms with E-state index in [0.717, 1.165) is 0 Å². The molecule has 5 heteroatoms. The molecule has 0 atom stereocenters. The summed E-state index contributed by atoms with van der Waals surface area (Å²) in [5.74, 6) is -0.158. The van der Waals surface area contributed by atoms with Crippen LogP contribution < -0.4 is 0 Å². The van der Waals surface area contributed by atoms with Crippen molar-refractivity contribution < 1.29 is 8.42 Å². The number of hydrogen-bond donors (Lipinski definition) is 0. The van der Waals surface area contributed by atoms with Crippen LogP contribution in [0.2, 0.25) is 0 Å².